The van der Waals surface area contributed by atoms with Gasteiger partial charge in [0, 0.05) is 90.5 Å². The third-order valence-electron chi connectivity index (χ3n) is 6.14. The summed E-state index contributed by atoms with van der Waals surface area (Å²) in [7, 11) is 10.0. The number of aromatic nitrogens is 9. The second-order valence-electron chi connectivity index (χ2n) is 9.27. The summed E-state index contributed by atoms with van der Waals surface area (Å²) in [6.45, 7) is 4.07. The molecule has 0 aliphatic heterocycles. The van der Waals surface area contributed by atoms with E-state index in [0.717, 1.165) is 40.2 Å². The van der Waals surface area contributed by atoms with Crippen LogP contribution in [0.3, 0.4) is 0 Å². The van der Waals surface area contributed by atoms with Gasteiger partial charge in [0.05, 0.1) is 11.4 Å². The largest absolute Gasteiger partial charge is 4.00 e. The minimum absolute atomic E-state index is 0. The third-order valence-corrected chi connectivity index (χ3v) is 6.14. The number of pyridine rings is 1. The topological polar surface area (TPSA) is 76.2 Å². The van der Waals surface area contributed by atoms with Crippen LogP contribution in [0, 0.1) is 13.8 Å². The molecular formula is C29H35Cl3N9Os+. The minimum Gasteiger partial charge on any atom is -1.00 e. The Labute approximate surface area is 279 Å². The average Bonchev–Trinajstić information content (AvgIpc) is 3.69. The average molecular weight is 806 g/mol. The Balaban J connectivity index is 0.000000575. The second-order valence-corrected chi connectivity index (χ2v) is 9.27. The number of halogens is 3. The molecule has 0 radical (unpaired) electrons. The van der Waals surface area contributed by atoms with Crippen molar-refractivity contribution in [2.45, 2.75) is 13.8 Å². The van der Waals surface area contributed by atoms with E-state index in [4.69, 9.17) is 0 Å². The van der Waals surface area contributed by atoms with Gasteiger partial charge in [-0.25, -0.2) is 19.9 Å². The van der Waals surface area contributed by atoms with Crippen LogP contribution < -0.4 is 37.2 Å². The van der Waals surface area contributed by atoms with Gasteiger partial charge in [-0.05, 0) is 55.8 Å². The standard InChI is InChI=1S/C11H13N3.2C9H11N3.3ClH.Os/c1-8-6-9(2)13-10(7-8)11-12-4-5-14(11)3;2*1-11-6-3-4-8(11)9-10-5-7-12(9)2;;;;/h4-7H,1-3H3;2*3-7H,1-2H3;3*1H;/q;;;;;;+4/p-3. The van der Waals surface area contributed by atoms with Crippen LogP contribution in [0.1, 0.15) is 11.3 Å². The molecule has 6 rings (SSSR count). The first-order chi connectivity index (χ1) is 18.2. The first-order valence-corrected chi connectivity index (χ1v) is 12.4. The van der Waals surface area contributed by atoms with Gasteiger partial charge in [0.2, 0.25) is 0 Å². The Morgan fingerprint density at radius 1 is 0.524 bits per heavy atom. The van der Waals surface area contributed by atoms with E-state index < -0.39 is 0 Å². The van der Waals surface area contributed by atoms with Gasteiger partial charge >= 0.3 is 19.8 Å². The summed E-state index contributed by atoms with van der Waals surface area (Å²) in [6.07, 6.45) is 15.3. The molecule has 0 fully saturated rings. The summed E-state index contributed by atoms with van der Waals surface area (Å²) in [4.78, 5) is 17.2. The van der Waals surface area contributed by atoms with Crippen molar-refractivity contribution in [2.75, 3.05) is 0 Å². The molecule has 0 aromatic carbocycles. The van der Waals surface area contributed by atoms with Gasteiger partial charge in [-0.15, -0.1) is 0 Å². The van der Waals surface area contributed by atoms with Crippen molar-refractivity contribution in [1.82, 2.24) is 42.8 Å². The number of nitrogens with zero attached hydrogens (tertiary/aromatic N) is 9. The maximum absolute atomic E-state index is 4.45. The van der Waals surface area contributed by atoms with Crippen LogP contribution >= 0.6 is 0 Å². The van der Waals surface area contributed by atoms with Gasteiger partial charge in [0.15, 0.2) is 17.5 Å². The van der Waals surface area contributed by atoms with Crippen LogP contribution in [0.25, 0.3) is 34.6 Å². The predicted molar refractivity (Wildman–Crippen MR) is 151 cm³/mol. The van der Waals surface area contributed by atoms with Crippen LogP contribution in [0.5, 0.6) is 0 Å². The summed E-state index contributed by atoms with van der Waals surface area (Å²) in [5.41, 5.74) is 5.47. The summed E-state index contributed by atoms with van der Waals surface area (Å²) >= 11 is 0. The number of hydrogen-bond donors (Lipinski definition) is 0. The van der Waals surface area contributed by atoms with E-state index in [0.29, 0.717) is 0 Å². The van der Waals surface area contributed by atoms with E-state index in [9.17, 15) is 0 Å². The molecule has 0 bridgehead atoms. The molecule has 0 aliphatic carbocycles. The zero-order valence-corrected chi connectivity index (χ0v) is 29.4. The van der Waals surface area contributed by atoms with E-state index in [-0.39, 0.29) is 57.0 Å². The molecule has 0 aliphatic rings. The van der Waals surface area contributed by atoms with Gasteiger partial charge in [-0.1, -0.05) is 0 Å². The van der Waals surface area contributed by atoms with E-state index in [2.05, 4.69) is 60.3 Å². The summed E-state index contributed by atoms with van der Waals surface area (Å²) in [5, 5.41) is 0. The molecule has 9 nitrogen and oxygen atoms in total. The molecule has 0 unspecified atom stereocenters. The molecule has 0 atom stereocenters. The first kappa shape index (κ1) is 38.8. The van der Waals surface area contributed by atoms with Gasteiger partial charge in [-0.2, -0.15) is 0 Å². The SMILES string of the molecule is Cc1cc(C)nc(-c2nccn2C)c1.Cn1cccc1-c1nccn1C.Cn1cccc1-c1nccn1C.[Cl-].[Cl-].[Cl-].[Os+4]. The van der Waals surface area contributed by atoms with Crippen molar-refractivity contribution in [3.63, 3.8) is 0 Å². The molecule has 0 amide bonds. The normalized spacial score (nSPS) is 9.50. The smallest absolute Gasteiger partial charge is 1.00 e. The van der Waals surface area contributed by atoms with Crippen molar-refractivity contribution in [1.29, 1.82) is 0 Å². The molecule has 0 saturated heterocycles. The third kappa shape index (κ3) is 9.43. The molecule has 0 saturated carbocycles. The van der Waals surface area contributed by atoms with Crippen LogP contribution in [0.4, 0.5) is 0 Å². The molecule has 224 valence electrons. The van der Waals surface area contributed by atoms with Gasteiger partial charge in [-0.3, -0.25) is 0 Å². The van der Waals surface area contributed by atoms with Gasteiger partial charge in [0.1, 0.15) is 5.69 Å². The molecule has 13 heteroatoms. The fraction of sp³-hybridized carbons (Fsp3) is 0.241. The molecule has 6 aromatic heterocycles. The molecule has 0 N–H and O–H groups in total. The maximum atomic E-state index is 4.45. The fourth-order valence-corrected chi connectivity index (χ4v) is 4.18. The predicted octanol–water partition coefficient (Wildman–Crippen LogP) is -4.04. The van der Waals surface area contributed by atoms with E-state index in [1.54, 1.807) is 6.20 Å². The molecule has 6 heterocycles. The minimum atomic E-state index is 0. The Morgan fingerprint density at radius 3 is 1.24 bits per heavy atom. The van der Waals surface area contributed by atoms with E-state index in [1.807, 2.05) is 111 Å². The zero-order valence-electron chi connectivity index (χ0n) is 24.6. The fourth-order valence-electron chi connectivity index (χ4n) is 4.18. The second kappa shape index (κ2) is 17.7. The van der Waals surface area contributed by atoms with Crippen LogP contribution in [-0.2, 0) is 55.0 Å². The quantitative estimate of drug-likeness (QED) is 0.183. The number of imidazole rings is 3. The zero-order chi connectivity index (χ0) is 27.2. The van der Waals surface area contributed by atoms with E-state index >= 15 is 0 Å². The van der Waals surface area contributed by atoms with Gasteiger partial charge in [0.25, 0.3) is 0 Å². The first-order valence-electron chi connectivity index (χ1n) is 12.4. The van der Waals surface area contributed by atoms with Crippen molar-refractivity contribution in [3.8, 4) is 34.6 Å². The van der Waals surface area contributed by atoms with Crippen LogP contribution in [0.15, 0.2) is 86.0 Å². The molecule has 0 spiro atoms. The van der Waals surface area contributed by atoms with Crippen LogP contribution in [-0.4, -0.2) is 42.8 Å². The van der Waals surface area contributed by atoms with Gasteiger partial charge < -0.3 is 60.1 Å². The Hall–Kier alpha value is -3.15. The number of aryl methyl sites for hydroxylation is 7. The van der Waals surface area contributed by atoms with Crippen LogP contribution in [0.2, 0.25) is 0 Å². The number of hydrogen-bond acceptors (Lipinski definition) is 4. The Kier molecular flexibility index (Phi) is 16.4. The van der Waals surface area contributed by atoms with Crippen molar-refractivity contribution < 1.29 is 57.0 Å². The van der Waals surface area contributed by atoms with Crippen molar-refractivity contribution >= 4 is 0 Å². The van der Waals surface area contributed by atoms with Crippen molar-refractivity contribution in [2.24, 2.45) is 35.2 Å². The summed E-state index contributed by atoms with van der Waals surface area (Å²) < 4.78 is 10.1. The summed E-state index contributed by atoms with van der Waals surface area (Å²) in [6, 6.07) is 12.3. The van der Waals surface area contributed by atoms with Crippen molar-refractivity contribution in [3.05, 3.63) is 97.2 Å². The van der Waals surface area contributed by atoms with E-state index in [1.165, 1.54) is 5.56 Å². The number of rotatable bonds is 3. The molecule has 42 heavy (non-hydrogen) atoms. The Morgan fingerprint density at radius 2 is 0.929 bits per heavy atom. The molecular weight excluding hydrogens is 771 g/mol. The Bertz CT molecular complexity index is 1460. The molecule has 6 aromatic rings. The maximum Gasteiger partial charge on any atom is 4.00 e. The summed E-state index contributed by atoms with van der Waals surface area (Å²) in [5.74, 6) is 2.92. The monoisotopic (exact) mass is 806 g/mol.